The van der Waals surface area contributed by atoms with Crippen LogP contribution in [0.1, 0.15) is 0 Å². The Balaban J connectivity index is 1.02. The van der Waals surface area contributed by atoms with Gasteiger partial charge in [0.2, 0.25) is 0 Å². The first kappa shape index (κ1) is 27.9. The Bertz CT molecular complexity index is 2530. The summed E-state index contributed by atoms with van der Waals surface area (Å²) in [6.45, 7) is 0. The number of hydrogen-bond donors (Lipinski definition) is 0. The van der Waals surface area contributed by atoms with Crippen molar-refractivity contribution in [3.8, 4) is 33.4 Å². The Morgan fingerprint density at radius 1 is 0.333 bits per heavy atom. The van der Waals surface area contributed by atoms with E-state index in [9.17, 15) is 0 Å². The molecule has 0 spiro atoms. The van der Waals surface area contributed by atoms with Crippen LogP contribution in [-0.4, -0.2) is 0 Å². The normalized spacial score (nSPS) is 11.3. The number of nitrogens with zero attached hydrogens (tertiary/aromatic N) is 1. The minimum atomic E-state index is 0.913. The molecule has 2 heteroatoms. The SMILES string of the molecule is c1ccc(N(c2ccc(-c3ccc(-c4ccc5ccccc5c4)cc3)cc2)c2ccc(-c3cccc4c3oc3ccccc34)cc2)cc1. The van der Waals surface area contributed by atoms with E-state index < -0.39 is 0 Å². The average molecular weight is 614 g/mol. The second-order valence-electron chi connectivity index (χ2n) is 12.2. The highest BCUT2D eigenvalue weighted by molar-refractivity contribution is 6.09. The summed E-state index contributed by atoms with van der Waals surface area (Å²) in [6, 6.07) is 66.9. The van der Waals surface area contributed by atoms with Crippen molar-refractivity contribution in [1.29, 1.82) is 0 Å². The molecule has 8 aromatic carbocycles. The van der Waals surface area contributed by atoms with Crippen molar-refractivity contribution in [3.63, 3.8) is 0 Å². The topological polar surface area (TPSA) is 16.4 Å². The molecule has 1 aromatic heterocycles. The fourth-order valence-corrected chi connectivity index (χ4v) is 6.82. The van der Waals surface area contributed by atoms with Crippen molar-refractivity contribution in [2.75, 3.05) is 4.90 Å². The Labute approximate surface area is 279 Å². The minimum Gasteiger partial charge on any atom is -0.455 e. The predicted octanol–water partition coefficient (Wildman–Crippen LogP) is 13.2. The molecular weight excluding hydrogens is 583 g/mol. The molecule has 0 atom stereocenters. The molecule has 0 fully saturated rings. The first-order chi connectivity index (χ1) is 23.8. The summed E-state index contributed by atoms with van der Waals surface area (Å²) in [5.74, 6) is 0. The van der Waals surface area contributed by atoms with E-state index in [1.54, 1.807) is 0 Å². The fraction of sp³-hybridized carbons (Fsp3) is 0. The minimum absolute atomic E-state index is 0.913. The van der Waals surface area contributed by atoms with Crippen LogP contribution in [0.4, 0.5) is 17.1 Å². The van der Waals surface area contributed by atoms with Crippen molar-refractivity contribution in [3.05, 3.63) is 188 Å². The molecule has 9 aromatic rings. The Kier molecular flexibility index (Phi) is 6.84. The molecule has 0 aliphatic carbocycles. The molecule has 0 aliphatic rings. The van der Waals surface area contributed by atoms with Crippen LogP contribution in [0.15, 0.2) is 192 Å². The summed E-state index contributed by atoms with van der Waals surface area (Å²) in [5, 5.41) is 4.81. The number of rotatable bonds is 6. The van der Waals surface area contributed by atoms with Gasteiger partial charge in [-0.1, -0.05) is 140 Å². The van der Waals surface area contributed by atoms with Crippen molar-refractivity contribution in [2.45, 2.75) is 0 Å². The maximum Gasteiger partial charge on any atom is 0.143 e. The molecule has 0 amide bonds. The Hall–Kier alpha value is -6.38. The van der Waals surface area contributed by atoms with Gasteiger partial charge in [0, 0.05) is 33.4 Å². The molecule has 9 rings (SSSR count). The van der Waals surface area contributed by atoms with Gasteiger partial charge in [-0.25, -0.2) is 0 Å². The van der Waals surface area contributed by atoms with Crippen LogP contribution in [0.3, 0.4) is 0 Å². The third-order valence-electron chi connectivity index (χ3n) is 9.28. The van der Waals surface area contributed by atoms with E-state index in [1.165, 1.54) is 33.0 Å². The lowest BCUT2D eigenvalue weighted by molar-refractivity contribution is 0.670. The molecule has 0 bridgehead atoms. The van der Waals surface area contributed by atoms with Gasteiger partial charge in [-0.05, 0) is 87.1 Å². The third kappa shape index (κ3) is 5.01. The summed E-state index contributed by atoms with van der Waals surface area (Å²) in [4.78, 5) is 2.30. The molecule has 0 saturated carbocycles. The van der Waals surface area contributed by atoms with Crippen molar-refractivity contribution in [2.24, 2.45) is 0 Å². The summed E-state index contributed by atoms with van der Waals surface area (Å²) < 4.78 is 6.34. The lowest BCUT2D eigenvalue weighted by atomic mass is 9.98. The van der Waals surface area contributed by atoms with Gasteiger partial charge in [0.25, 0.3) is 0 Å². The third-order valence-corrected chi connectivity index (χ3v) is 9.28. The van der Waals surface area contributed by atoms with E-state index in [1.807, 2.05) is 12.1 Å². The zero-order valence-corrected chi connectivity index (χ0v) is 26.3. The van der Waals surface area contributed by atoms with Gasteiger partial charge in [-0.2, -0.15) is 0 Å². The van der Waals surface area contributed by atoms with Gasteiger partial charge in [0.05, 0.1) is 0 Å². The van der Waals surface area contributed by atoms with Gasteiger partial charge < -0.3 is 9.32 Å². The summed E-state index contributed by atoms with van der Waals surface area (Å²) >= 11 is 0. The molecule has 2 nitrogen and oxygen atoms in total. The largest absolute Gasteiger partial charge is 0.455 e. The van der Waals surface area contributed by atoms with Gasteiger partial charge in [-0.15, -0.1) is 0 Å². The highest BCUT2D eigenvalue weighted by Crippen LogP contribution is 2.39. The van der Waals surface area contributed by atoms with Crippen molar-refractivity contribution < 1.29 is 4.42 Å². The number of furan rings is 1. The first-order valence-electron chi connectivity index (χ1n) is 16.3. The fourth-order valence-electron chi connectivity index (χ4n) is 6.82. The van der Waals surface area contributed by atoms with E-state index >= 15 is 0 Å². The lowest BCUT2D eigenvalue weighted by Gasteiger charge is -2.26. The van der Waals surface area contributed by atoms with Crippen LogP contribution in [0.2, 0.25) is 0 Å². The van der Waals surface area contributed by atoms with Crippen LogP contribution >= 0.6 is 0 Å². The zero-order valence-electron chi connectivity index (χ0n) is 26.3. The number of benzene rings is 8. The molecular formula is C46H31NO. The number of hydrogen-bond acceptors (Lipinski definition) is 2. The quantitative estimate of drug-likeness (QED) is 0.185. The highest BCUT2D eigenvalue weighted by atomic mass is 16.3. The maximum atomic E-state index is 6.34. The highest BCUT2D eigenvalue weighted by Gasteiger charge is 2.15. The molecule has 226 valence electrons. The van der Waals surface area contributed by atoms with Crippen molar-refractivity contribution >= 4 is 49.8 Å². The van der Waals surface area contributed by atoms with Crippen LogP contribution in [0.5, 0.6) is 0 Å². The number of anilines is 3. The smallest absolute Gasteiger partial charge is 0.143 e. The molecule has 0 aliphatic heterocycles. The summed E-state index contributed by atoms with van der Waals surface area (Å²) in [7, 11) is 0. The standard InChI is InChI=1S/C46H31NO/c1-2-11-39(12-3-1)47(41-29-25-36(26-30-41)42-14-8-15-44-43-13-6-7-16-45(43)48-46(42)44)40-27-23-34(24-28-40)33-17-19-35(20-18-33)38-22-21-32-9-4-5-10-37(32)31-38/h1-31H. The summed E-state index contributed by atoms with van der Waals surface area (Å²) in [5.41, 5.74) is 12.2. The lowest BCUT2D eigenvalue weighted by Crippen LogP contribution is -2.09. The van der Waals surface area contributed by atoms with E-state index in [-0.39, 0.29) is 0 Å². The van der Waals surface area contributed by atoms with E-state index in [0.717, 1.165) is 50.1 Å². The van der Waals surface area contributed by atoms with E-state index in [4.69, 9.17) is 4.42 Å². The van der Waals surface area contributed by atoms with Gasteiger partial charge in [0.15, 0.2) is 0 Å². The first-order valence-corrected chi connectivity index (χ1v) is 16.3. The molecule has 0 N–H and O–H groups in total. The van der Waals surface area contributed by atoms with Gasteiger partial charge in [-0.3, -0.25) is 0 Å². The zero-order chi connectivity index (χ0) is 31.9. The van der Waals surface area contributed by atoms with E-state index in [2.05, 4.69) is 181 Å². The second-order valence-corrected chi connectivity index (χ2v) is 12.2. The van der Waals surface area contributed by atoms with Gasteiger partial charge in [0.1, 0.15) is 11.2 Å². The number of fused-ring (bicyclic) bond motifs is 4. The molecule has 0 saturated heterocycles. The summed E-state index contributed by atoms with van der Waals surface area (Å²) in [6.07, 6.45) is 0. The number of para-hydroxylation sites is 3. The van der Waals surface area contributed by atoms with Crippen molar-refractivity contribution in [1.82, 2.24) is 0 Å². The maximum absolute atomic E-state index is 6.34. The average Bonchev–Trinajstić information content (AvgIpc) is 3.55. The molecule has 0 radical (unpaired) electrons. The molecule has 0 unspecified atom stereocenters. The van der Waals surface area contributed by atoms with Gasteiger partial charge >= 0.3 is 0 Å². The van der Waals surface area contributed by atoms with Crippen LogP contribution in [0.25, 0.3) is 66.1 Å². The predicted molar refractivity (Wildman–Crippen MR) is 202 cm³/mol. The van der Waals surface area contributed by atoms with Crippen LogP contribution < -0.4 is 4.90 Å². The van der Waals surface area contributed by atoms with Crippen LogP contribution in [-0.2, 0) is 0 Å². The second kappa shape index (κ2) is 11.8. The van der Waals surface area contributed by atoms with Crippen LogP contribution in [0, 0.1) is 0 Å². The Morgan fingerprint density at radius 3 is 1.58 bits per heavy atom. The van der Waals surface area contributed by atoms with E-state index in [0.29, 0.717) is 0 Å². The molecule has 48 heavy (non-hydrogen) atoms. The monoisotopic (exact) mass is 613 g/mol. The molecule has 1 heterocycles. The Morgan fingerprint density at radius 2 is 0.854 bits per heavy atom.